The molecule has 2 aromatic rings. The van der Waals surface area contributed by atoms with E-state index in [2.05, 4.69) is 10.2 Å². The van der Waals surface area contributed by atoms with Gasteiger partial charge in [0.15, 0.2) is 0 Å². The molecule has 3 rings (SSSR count). The number of nitrogens with one attached hydrogen (secondary N) is 1. The van der Waals surface area contributed by atoms with Crippen molar-refractivity contribution < 1.29 is 29.2 Å². The molecule has 1 atom stereocenters. The Hall–Kier alpha value is -4.05. The molecule has 0 saturated heterocycles. The van der Waals surface area contributed by atoms with E-state index in [1.165, 1.54) is 12.1 Å². The Bertz CT molecular complexity index is 1030. The maximum absolute atomic E-state index is 13.1. The fourth-order valence-corrected chi connectivity index (χ4v) is 2.88. The molecule has 0 fully saturated rings. The van der Waals surface area contributed by atoms with Gasteiger partial charge in [-0.15, -0.1) is 0 Å². The number of carbonyl (C=O) groups excluding carboxylic acids is 3. The van der Waals surface area contributed by atoms with E-state index in [0.717, 1.165) is 25.3 Å². The summed E-state index contributed by atoms with van der Waals surface area (Å²) in [6, 6.07) is 13.2. The van der Waals surface area contributed by atoms with Crippen molar-refractivity contribution in [3.63, 3.8) is 0 Å². The Labute approximate surface area is 170 Å². The van der Waals surface area contributed by atoms with Gasteiger partial charge in [0.2, 0.25) is 11.5 Å². The molecule has 0 aromatic heterocycles. The summed E-state index contributed by atoms with van der Waals surface area (Å²) in [5.41, 5.74) is 0.651. The van der Waals surface area contributed by atoms with Crippen LogP contribution >= 0.6 is 0 Å². The number of amides is 1. The summed E-state index contributed by atoms with van der Waals surface area (Å²) in [6.45, 7) is 0. The zero-order chi connectivity index (χ0) is 21.9. The smallest absolute Gasteiger partial charge is 0.310 e. The predicted molar refractivity (Wildman–Crippen MR) is 103 cm³/mol. The van der Waals surface area contributed by atoms with Gasteiger partial charge >= 0.3 is 5.97 Å². The van der Waals surface area contributed by atoms with Crippen molar-refractivity contribution in [3.8, 4) is 0 Å². The minimum Gasteiger partial charge on any atom is -0.469 e. The second kappa shape index (κ2) is 8.13. The molecule has 154 valence electrons. The summed E-state index contributed by atoms with van der Waals surface area (Å²) in [4.78, 5) is 47.9. The highest BCUT2D eigenvalue weighted by atomic mass is 16.6. The Balaban J connectivity index is 2.03. The van der Waals surface area contributed by atoms with Crippen molar-refractivity contribution in [1.29, 1.82) is 0 Å². The number of ether oxygens (including phenoxy) is 1. The van der Waals surface area contributed by atoms with Crippen LogP contribution in [0.5, 0.6) is 0 Å². The zero-order valence-corrected chi connectivity index (χ0v) is 15.8. The number of hydrogen-bond acceptors (Lipinski definition) is 8. The first-order valence-corrected chi connectivity index (χ1v) is 8.72. The average molecular weight is 411 g/mol. The monoisotopic (exact) mass is 411 g/mol. The summed E-state index contributed by atoms with van der Waals surface area (Å²) in [5, 5.41) is 22.5. The Kier molecular flexibility index (Phi) is 5.61. The Morgan fingerprint density at radius 3 is 2.37 bits per heavy atom. The van der Waals surface area contributed by atoms with Gasteiger partial charge in [0.1, 0.15) is 6.42 Å². The molecule has 1 unspecified atom stereocenters. The number of rotatable bonds is 5. The maximum Gasteiger partial charge on any atom is 0.310 e. The topological polar surface area (TPSA) is 139 Å². The molecule has 30 heavy (non-hydrogen) atoms. The molecule has 1 aliphatic rings. The third-order valence-corrected chi connectivity index (χ3v) is 4.50. The second-order valence-electron chi connectivity index (χ2n) is 6.41. The van der Waals surface area contributed by atoms with Crippen LogP contribution in [0.25, 0.3) is 5.70 Å². The van der Waals surface area contributed by atoms with Gasteiger partial charge in [-0.05, 0) is 17.7 Å². The average Bonchev–Trinajstić information content (AvgIpc) is 2.75. The molecule has 1 aliphatic heterocycles. The van der Waals surface area contributed by atoms with Crippen molar-refractivity contribution in [2.45, 2.75) is 12.1 Å². The largest absolute Gasteiger partial charge is 0.469 e. The minimum absolute atomic E-state index is 0.0431. The summed E-state index contributed by atoms with van der Waals surface area (Å²) in [5.74, 6) is -2.68. The second-order valence-corrected chi connectivity index (χ2v) is 6.41. The first-order chi connectivity index (χ1) is 14.3. The number of hydrazine groups is 1. The minimum atomic E-state index is -2.55. The molecule has 0 aliphatic carbocycles. The van der Waals surface area contributed by atoms with Crippen LogP contribution in [-0.2, 0) is 14.3 Å². The van der Waals surface area contributed by atoms with Gasteiger partial charge in [-0.1, -0.05) is 30.3 Å². The van der Waals surface area contributed by atoms with Gasteiger partial charge in [0.25, 0.3) is 11.6 Å². The molecule has 10 nitrogen and oxygen atoms in total. The van der Waals surface area contributed by atoms with E-state index in [9.17, 15) is 29.6 Å². The number of hydrogen-bond donors (Lipinski definition) is 2. The fourth-order valence-electron chi connectivity index (χ4n) is 2.88. The number of esters is 1. The highest BCUT2D eigenvalue weighted by Crippen LogP contribution is 2.28. The predicted octanol–water partition coefficient (Wildman–Crippen LogP) is 1.42. The molecular weight excluding hydrogens is 394 g/mol. The van der Waals surface area contributed by atoms with E-state index >= 15 is 0 Å². The van der Waals surface area contributed by atoms with Crippen LogP contribution in [0.2, 0.25) is 0 Å². The van der Waals surface area contributed by atoms with Crippen molar-refractivity contribution in [1.82, 2.24) is 10.4 Å². The quantitative estimate of drug-likeness (QED) is 0.428. The van der Waals surface area contributed by atoms with Crippen LogP contribution in [0.4, 0.5) is 5.69 Å². The number of nitrogens with zero attached hydrogens (tertiary/aromatic N) is 2. The summed E-state index contributed by atoms with van der Waals surface area (Å²) < 4.78 is 4.54. The lowest BCUT2D eigenvalue weighted by molar-refractivity contribution is -0.384. The molecular formula is C20H17N3O7. The van der Waals surface area contributed by atoms with Gasteiger partial charge in [0.05, 0.1) is 17.7 Å². The van der Waals surface area contributed by atoms with Crippen LogP contribution in [-0.4, -0.2) is 45.5 Å². The lowest BCUT2D eigenvalue weighted by Crippen LogP contribution is -2.65. The van der Waals surface area contributed by atoms with E-state index in [4.69, 9.17) is 0 Å². The molecule has 0 spiro atoms. The van der Waals surface area contributed by atoms with Gasteiger partial charge in [-0.2, -0.15) is 0 Å². The highest BCUT2D eigenvalue weighted by molar-refractivity contribution is 6.09. The van der Waals surface area contributed by atoms with E-state index in [0.29, 0.717) is 10.6 Å². The Morgan fingerprint density at radius 1 is 1.17 bits per heavy atom. The Morgan fingerprint density at radius 2 is 1.80 bits per heavy atom. The van der Waals surface area contributed by atoms with Gasteiger partial charge in [0, 0.05) is 23.8 Å². The summed E-state index contributed by atoms with van der Waals surface area (Å²) in [6.07, 6.45) is 0.282. The number of benzene rings is 2. The van der Waals surface area contributed by atoms with Gasteiger partial charge in [-0.25, -0.2) is 5.01 Å². The van der Waals surface area contributed by atoms with E-state index in [1.54, 1.807) is 30.3 Å². The van der Waals surface area contributed by atoms with Crippen LogP contribution in [0, 0.1) is 10.1 Å². The van der Waals surface area contributed by atoms with E-state index < -0.39 is 34.7 Å². The highest BCUT2D eigenvalue weighted by Gasteiger charge is 2.49. The first kappa shape index (κ1) is 20.7. The zero-order valence-electron chi connectivity index (χ0n) is 15.8. The maximum atomic E-state index is 13.1. The first-order valence-electron chi connectivity index (χ1n) is 8.72. The summed E-state index contributed by atoms with van der Waals surface area (Å²) >= 11 is 0. The molecule has 2 N–H and O–H groups in total. The van der Waals surface area contributed by atoms with Gasteiger partial charge < -0.3 is 9.84 Å². The van der Waals surface area contributed by atoms with E-state index in [1.807, 2.05) is 0 Å². The number of nitro groups is 1. The third-order valence-electron chi connectivity index (χ3n) is 4.50. The van der Waals surface area contributed by atoms with Crippen LogP contribution in [0.3, 0.4) is 0 Å². The molecule has 0 bridgehead atoms. The molecule has 0 saturated carbocycles. The van der Waals surface area contributed by atoms with Crippen LogP contribution < -0.4 is 5.43 Å². The van der Waals surface area contributed by atoms with Crippen molar-refractivity contribution in [2.24, 2.45) is 0 Å². The number of nitro benzene ring substituents is 1. The molecule has 2 aromatic carbocycles. The van der Waals surface area contributed by atoms with Crippen molar-refractivity contribution in [2.75, 3.05) is 7.11 Å². The van der Waals surface area contributed by atoms with Crippen molar-refractivity contribution in [3.05, 3.63) is 81.9 Å². The number of methoxy groups -OCH3 is 1. The molecule has 10 heteroatoms. The van der Waals surface area contributed by atoms with Crippen molar-refractivity contribution >= 4 is 29.0 Å². The standard InChI is InChI=1S/C20H17N3O7/c1-30-18(25)12-20(27)17(24)11-16(13-5-3-2-4-6-13)21-22(20)19(26)14-7-9-15(10-8-14)23(28)29/h2-11,21,27H,12H2,1H3. The number of non-ortho nitro benzene ring substituents is 1. The normalized spacial score (nSPS) is 18.3. The number of carbonyl (C=O) groups is 3. The lowest BCUT2D eigenvalue weighted by Gasteiger charge is -2.41. The third kappa shape index (κ3) is 3.89. The van der Waals surface area contributed by atoms with Gasteiger partial charge in [-0.3, -0.25) is 29.9 Å². The molecule has 1 heterocycles. The van der Waals surface area contributed by atoms with Crippen LogP contribution in [0.1, 0.15) is 22.3 Å². The van der Waals surface area contributed by atoms with E-state index in [-0.39, 0.29) is 16.9 Å². The fraction of sp³-hybridized carbons (Fsp3) is 0.150. The lowest BCUT2D eigenvalue weighted by atomic mass is 9.97. The molecule has 0 radical (unpaired) electrons. The van der Waals surface area contributed by atoms with Crippen LogP contribution in [0.15, 0.2) is 60.7 Å². The number of aliphatic hydroxyl groups is 1. The molecule has 1 amide bonds. The summed E-state index contributed by atoms with van der Waals surface area (Å²) in [7, 11) is 1.08. The number of ketones is 1. The SMILES string of the molecule is COC(=O)CC1(O)C(=O)C=C(c2ccccc2)NN1C(=O)c1ccc([N+](=O)[O-])cc1.